The molecule has 0 saturated heterocycles. The monoisotopic (exact) mass is 220 g/mol. The van der Waals surface area contributed by atoms with Gasteiger partial charge in [-0.05, 0) is 30.5 Å². The predicted octanol–water partition coefficient (Wildman–Crippen LogP) is 2.61. The van der Waals surface area contributed by atoms with E-state index >= 15 is 0 Å². The summed E-state index contributed by atoms with van der Waals surface area (Å²) in [7, 11) is 0. The van der Waals surface area contributed by atoms with Crippen LogP contribution in [0.2, 0.25) is 0 Å². The van der Waals surface area contributed by atoms with E-state index in [1.807, 2.05) is 30.7 Å². The van der Waals surface area contributed by atoms with Crippen LogP contribution < -0.4 is 0 Å². The molecule has 0 spiro atoms. The molecule has 0 saturated carbocycles. The summed E-state index contributed by atoms with van der Waals surface area (Å²) in [6.45, 7) is 0. The number of hydrogen-bond donors (Lipinski definition) is 2. The van der Waals surface area contributed by atoms with E-state index in [9.17, 15) is 4.79 Å². The van der Waals surface area contributed by atoms with Gasteiger partial charge >= 0.3 is 0 Å². The molecule has 0 amide bonds. The third kappa shape index (κ3) is 1.99. The minimum atomic E-state index is 0.230. The second kappa shape index (κ2) is 4.40. The van der Waals surface area contributed by atoms with Crippen LogP contribution in [0, 0.1) is 0 Å². The number of carbonyl (C=O) groups excluding carboxylic acids is 1. The fourth-order valence-electron chi connectivity index (χ4n) is 1.58. The van der Waals surface area contributed by atoms with E-state index in [2.05, 4.69) is 9.97 Å². The number of hydrogen-bond acceptors (Lipinski definition) is 2. The molecule has 0 aliphatic carbocycles. The molecule has 2 heterocycles. The number of aromatic amines is 2. The minimum Gasteiger partial charge on any atom is -0.364 e. The lowest BCUT2D eigenvalue weighted by atomic mass is 10.2. The van der Waals surface area contributed by atoms with Crippen molar-refractivity contribution < 1.29 is 4.79 Å². The Morgan fingerprint density at radius 2 is 2.20 bits per heavy atom. The number of carbonyl (C=O) groups is 1. The zero-order chi connectivity index (χ0) is 10.7. The minimum absolute atomic E-state index is 0.230. The van der Waals surface area contributed by atoms with Gasteiger partial charge in [0.2, 0.25) is 0 Å². The quantitative estimate of drug-likeness (QED) is 0.778. The molecule has 1 atom stereocenters. The molecule has 1 unspecified atom stereocenters. The van der Waals surface area contributed by atoms with Crippen LogP contribution >= 0.6 is 11.8 Å². The Labute approximate surface area is 92.3 Å². The topological polar surface area (TPSA) is 48.6 Å². The van der Waals surface area contributed by atoms with Crippen molar-refractivity contribution in [1.29, 1.82) is 0 Å². The van der Waals surface area contributed by atoms with E-state index in [0.717, 1.165) is 17.7 Å². The third-order valence-electron chi connectivity index (χ3n) is 2.28. The van der Waals surface area contributed by atoms with Gasteiger partial charge in [0.1, 0.15) is 0 Å². The maximum absolute atomic E-state index is 10.6. The van der Waals surface area contributed by atoms with Crippen molar-refractivity contribution in [1.82, 2.24) is 9.97 Å². The molecule has 2 rings (SSSR count). The summed E-state index contributed by atoms with van der Waals surface area (Å²) >= 11 is 1.73. The number of nitrogens with one attached hydrogen (secondary N) is 2. The van der Waals surface area contributed by atoms with Crippen molar-refractivity contribution in [2.75, 3.05) is 6.26 Å². The standard InChI is InChI=1S/C11H12N2OS/c1-15-11(9-3-2-6-12-9)10-5-4-8(7-14)13-10/h2-7,11-13H,1H3. The molecule has 2 N–H and O–H groups in total. The first-order valence-corrected chi connectivity index (χ1v) is 5.94. The van der Waals surface area contributed by atoms with Crippen molar-refractivity contribution in [2.24, 2.45) is 0 Å². The normalized spacial score (nSPS) is 12.6. The molecular formula is C11H12N2OS. The Morgan fingerprint density at radius 1 is 1.33 bits per heavy atom. The van der Waals surface area contributed by atoms with Gasteiger partial charge in [0.15, 0.2) is 6.29 Å². The molecule has 0 aliphatic rings. The number of thioether (sulfide) groups is 1. The highest BCUT2D eigenvalue weighted by Crippen LogP contribution is 2.31. The second-order valence-corrected chi connectivity index (χ2v) is 4.17. The van der Waals surface area contributed by atoms with Crippen molar-refractivity contribution in [3.63, 3.8) is 0 Å². The molecule has 0 radical (unpaired) electrons. The van der Waals surface area contributed by atoms with E-state index < -0.39 is 0 Å². The van der Waals surface area contributed by atoms with Gasteiger partial charge in [-0.25, -0.2) is 0 Å². The van der Waals surface area contributed by atoms with Crippen molar-refractivity contribution >= 4 is 18.0 Å². The molecule has 15 heavy (non-hydrogen) atoms. The van der Waals surface area contributed by atoms with E-state index in [4.69, 9.17) is 0 Å². The average molecular weight is 220 g/mol. The summed E-state index contributed by atoms with van der Waals surface area (Å²) < 4.78 is 0. The number of H-pyrrole nitrogens is 2. The summed E-state index contributed by atoms with van der Waals surface area (Å²) in [5.74, 6) is 0. The molecule has 0 aliphatic heterocycles. The van der Waals surface area contributed by atoms with Gasteiger partial charge in [-0.1, -0.05) is 0 Å². The fourth-order valence-corrected chi connectivity index (χ4v) is 2.37. The van der Waals surface area contributed by atoms with Gasteiger partial charge < -0.3 is 9.97 Å². The van der Waals surface area contributed by atoms with Crippen LogP contribution in [-0.4, -0.2) is 22.5 Å². The van der Waals surface area contributed by atoms with Gasteiger partial charge in [0.25, 0.3) is 0 Å². The lowest BCUT2D eigenvalue weighted by Crippen LogP contribution is -1.97. The summed E-state index contributed by atoms with van der Waals surface area (Å²) in [6, 6.07) is 7.77. The number of aromatic nitrogens is 2. The number of rotatable bonds is 4. The molecular weight excluding hydrogens is 208 g/mol. The predicted molar refractivity (Wildman–Crippen MR) is 62.3 cm³/mol. The lowest BCUT2D eigenvalue weighted by Gasteiger charge is -2.10. The summed E-state index contributed by atoms with van der Waals surface area (Å²) in [6.07, 6.45) is 4.78. The van der Waals surface area contributed by atoms with Crippen LogP contribution in [0.15, 0.2) is 30.5 Å². The van der Waals surface area contributed by atoms with Crippen molar-refractivity contribution in [3.05, 3.63) is 47.5 Å². The molecule has 2 aromatic heterocycles. The number of aldehydes is 1. The van der Waals surface area contributed by atoms with E-state index in [1.165, 1.54) is 0 Å². The van der Waals surface area contributed by atoms with Gasteiger partial charge in [-0.3, -0.25) is 4.79 Å². The van der Waals surface area contributed by atoms with Crippen molar-refractivity contribution in [3.8, 4) is 0 Å². The maximum Gasteiger partial charge on any atom is 0.166 e. The van der Waals surface area contributed by atoms with Crippen LogP contribution in [0.25, 0.3) is 0 Å². The van der Waals surface area contributed by atoms with Crippen LogP contribution in [0.1, 0.15) is 27.1 Å². The average Bonchev–Trinajstić information content (AvgIpc) is 2.89. The first-order chi connectivity index (χ1) is 7.35. The molecule has 0 aromatic carbocycles. The van der Waals surface area contributed by atoms with Gasteiger partial charge in [0.05, 0.1) is 10.9 Å². The molecule has 0 bridgehead atoms. The summed E-state index contributed by atoms with van der Waals surface area (Å²) in [4.78, 5) is 16.8. The van der Waals surface area contributed by atoms with Gasteiger partial charge in [-0.2, -0.15) is 0 Å². The first-order valence-electron chi connectivity index (χ1n) is 4.65. The molecule has 4 heteroatoms. The highest BCUT2D eigenvalue weighted by Gasteiger charge is 2.14. The zero-order valence-corrected chi connectivity index (χ0v) is 9.17. The van der Waals surface area contributed by atoms with E-state index in [0.29, 0.717) is 5.69 Å². The largest absolute Gasteiger partial charge is 0.364 e. The molecule has 0 fully saturated rings. The fraction of sp³-hybridized carbons (Fsp3) is 0.182. The lowest BCUT2D eigenvalue weighted by molar-refractivity contribution is 0.111. The van der Waals surface area contributed by atoms with Crippen LogP contribution in [0.5, 0.6) is 0 Å². The highest BCUT2D eigenvalue weighted by atomic mass is 32.2. The van der Waals surface area contributed by atoms with Crippen LogP contribution in [0.3, 0.4) is 0 Å². The van der Waals surface area contributed by atoms with Crippen LogP contribution in [0.4, 0.5) is 0 Å². The van der Waals surface area contributed by atoms with Crippen molar-refractivity contribution in [2.45, 2.75) is 5.25 Å². The van der Waals surface area contributed by atoms with Gasteiger partial charge in [-0.15, -0.1) is 11.8 Å². The summed E-state index contributed by atoms with van der Waals surface area (Å²) in [5.41, 5.74) is 2.81. The second-order valence-electron chi connectivity index (χ2n) is 3.23. The molecule has 3 nitrogen and oxygen atoms in total. The SMILES string of the molecule is CSC(c1ccc[nH]1)c1ccc(C=O)[nH]1. The maximum atomic E-state index is 10.6. The van der Waals surface area contributed by atoms with Gasteiger partial charge in [0, 0.05) is 17.6 Å². The Balaban J connectivity index is 2.30. The summed E-state index contributed by atoms with van der Waals surface area (Å²) in [5, 5.41) is 0.230. The molecule has 78 valence electrons. The molecule has 2 aromatic rings. The Kier molecular flexibility index (Phi) is 2.97. The Hall–Kier alpha value is -1.42. The zero-order valence-electron chi connectivity index (χ0n) is 8.36. The Morgan fingerprint density at radius 3 is 2.73 bits per heavy atom. The Bertz CT molecular complexity index is 433. The van der Waals surface area contributed by atoms with E-state index in [1.54, 1.807) is 17.8 Å². The first kappa shape index (κ1) is 10.1. The van der Waals surface area contributed by atoms with Crippen LogP contribution in [-0.2, 0) is 0 Å². The third-order valence-corrected chi connectivity index (χ3v) is 3.26. The highest BCUT2D eigenvalue weighted by molar-refractivity contribution is 7.99. The van der Waals surface area contributed by atoms with E-state index in [-0.39, 0.29) is 5.25 Å². The smallest absolute Gasteiger partial charge is 0.166 e.